The first-order valence-corrected chi connectivity index (χ1v) is 8.93. The van der Waals surface area contributed by atoms with Crippen LogP contribution in [0.15, 0.2) is 12.5 Å². The van der Waals surface area contributed by atoms with E-state index >= 15 is 0 Å². The number of nitrogen functional groups attached to an aromatic ring is 1. The fourth-order valence-corrected chi connectivity index (χ4v) is 2.91. The smallest absolute Gasteiger partial charge is 0.409 e. The number of amides is 1. The molecular formula is C13H11Cl3FN9O4. The van der Waals surface area contributed by atoms with E-state index in [2.05, 4.69) is 25.3 Å². The number of nitrogens with zero attached hydrogens (tertiary/aromatic N) is 7. The van der Waals surface area contributed by atoms with E-state index in [-0.39, 0.29) is 28.6 Å². The van der Waals surface area contributed by atoms with Crippen molar-refractivity contribution in [3.63, 3.8) is 0 Å². The monoisotopic (exact) mass is 481 g/mol. The molecule has 17 heteroatoms. The van der Waals surface area contributed by atoms with Crippen molar-refractivity contribution < 1.29 is 18.8 Å². The Balaban J connectivity index is 1.81. The Kier molecular flexibility index (Phi) is 5.83. The molecule has 0 bridgehead atoms. The minimum atomic E-state index is -2.15. The van der Waals surface area contributed by atoms with E-state index in [0.717, 1.165) is 21.7 Å². The molecule has 30 heavy (non-hydrogen) atoms. The fraction of sp³-hybridized carbons (Fsp3) is 0.308. The molecule has 1 atom stereocenters. The maximum Gasteiger partial charge on any atom is 0.409 e. The molecule has 3 aromatic rings. The Morgan fingerprint density at radius 1 is 1.43 bits per heavy atom. The van der Waals surface area contributed by atoms with E-state index in [9.17, 15) is 19.3 Å². The second kappa shape index (κ2) is 8.04. The summed E-state index contributed by atoms with van der Waals surface area (Å²) in [4.78, 5) is 37.1. The molecule has 160 valence electrons. The molecule has 3 heterocycles. The molecule has 3 N–H and O–H groups in total. The number of hydrogen-bond donors (Lipinski definition) is 2. The predicted octanol–water partition coefficient (Wildman–Crippen LogP) is 1.98. The number of aromatic nitrogens is 6. The number of carbonyl (C=O) groups excluding carboxylic acids is 1. The summed E-state index contributed by atoms with van der Waals surface area (Å²) in [5.41, 5.74) is 5.47. The zero-order valence-electron chi connectivity index (χ0n) is 14.8. The number of alkyl halides is 3. The quantitative estimate of drug-likeness (QED) is 0.239. The van der Waals surface area contributed by atoms with Crippen molar-refractivity contribution in [2.75, 3.05) is 5.73 Å². The summed E-state index contributed by atoms with van der Waals surface area (Å²) in [6.07, 6.45) is -1.53. The van der Waals surface area contributed by atoms with Gasteiger partial charge in [0.15, 0.2) is 29.8 Å². The fourth-order valence-electron chi connectivity index (χ4n) is 2.43. The third-order valence-electron chi connectivity index (χ3n) is 3.84. The highest BCUT2D eigenvalue weighted by Gasteiger charge is 2.37. The van der Waals surface area contributed by atoms with Gasteiger partial charge in [-0.2, -0.15) is 14.4 Å². The van der Waals surface area contributed by atoms with Crippen LogP contribution >= 0.6 is 34.8 Å². The second-order valence-electron chi connectivity index (χ2n) is 5.72. The van der Waals surface area contributed by atoms with Crippen LogP contribution < -0.4 is 11.1 Å². The lowest BCUT2D eigenvalue weighted by atomic mass is 10.4. The minimum Gasteiger partial charge on any atom is -0.439 e. The van der Waals surface area contributed by atoms with E-state index in [4.69, 9.17) is 45.3 Å². The first-order valence-electron chi connectivity index (χ1n) is 7.79. The number of nitro groups is 1. The highest BCUT2D eigenvalue weighted by Crippen LogP contribution is 2.38. The van der Waals surface area contributed by atoms with Gasteiger partial charge in [-0.25, -0.2) is 19.3 Å². The molecule has 0 aliphatic heterocycles. The lowest BCUT2D eigenvalue weighted by Crippen LogP contribution is -2.40. The van der Waals surface area contributed by atoms with Crippen LogP contribution in [0.2, 0.25) is 0 Å². The van der Waals surface area contributed by atoms with Gasteiger partial charge in [-0.05, 0) is 4.92 Å². The molecule has 3 aromatic heterocycles. The summed E-state index contributed by atoms with van der Waals surface area (Å²) in [6.45, 7) is -0.419. The summed E-state index contributed by atoms with van der Waals surface area (Å²) in [5, 5.41) is 13.1. The molecule has 0 aromatic carbocycles. The number of halogens is 4. The summed E-state index contributed by atoms with van der Waals surface area (Å²) in [6, 6.07) is 0. The number of carbonyl (C=O) groups is 1. The van der Waals surface area contributed by atoms with Crippen LogP contribution in [0.1, 0.15) is 12.0 Å². The van der Waals surface area contributed by atoms with Gasteiger partial charge in [-0.3, -0.25) is 9.88 Å². The SMILES string of the molecule is Cn1c([N+](=O)[O-])cnc1COC(=O)NC(n1cnc2c(N)nc(F)nc21)C(Cl)(Cl)Cl. The van der Waals surface area contributed by atoms with E-state index in [1.165, 1.54) is 7.05 Å². The number of alkyl carbamates (subject to hydrolysis) is 1. The highest BCUT2D eigenvalue weighted by molar-refractivity contribution is 6.68. The van der Waals surface area contributed by atoms with Crippen molar-refractivity contribution in [1.82, 2.24) is 34.4 Å². The third-order valence-corrected chi connectivity index (χ3v) is 4.46. The highest BCUT2D eigenvalue weighted by atomic mass is 35.6. The van der Waals surface area contributed by atoms with Crippen LogP contribution in [0.5, 0.6) is 0 Å². The van der Waals surface area contributed by atoms with Gasteiger partial charge in [0.1, 0.15) is 6.20 Å². The van der Waals surface area contributed by atoms with Crippen LogP contribution in [-0.4, -0.2) is 43.9 Å². The lowest BCUT2D eigenvalue weighted by Gasteiger charge is -2.26. The predicted molar refractivity (Wildman–Crippen MR) is 102 cm³/mol. The number of nitrogens with two attached hydrogens (primary N) is 1. The van der Waals surface area contributed by atoms with Crippen molar-refractivity contribution in [3.8, 4) is 0 Å². The second-order valence-corrected chi connectivity index (χ2v) is 8.08. The molecule has 1 unspecified atom stereocenters. The van der Waals surface area contributed by atoms with Gasteiger partial charge in [0.25, 0.3) is 0 Å². The first-order chi connectivity index (χ1) is 14.0. The van der Waals surface area contributed by atoms with Crippen LogP contribution in [0.4, 0.5) is 20.8 Å². The van der Waals surface area contributed by atoms with E-state index in [1.54, 1.807) is 0 Å². The average molecular weight is 483 g/mol. The maximum absolute atomic E-state index is 13.6. The van der Waals surface area contributed by atoms with E-state index in [0.29, 0.717) is 0 Å². The zero-order chi connectivity index (χ0) is 22.2. The van der Waals surface area contributed by atoms with Gasteiger partial charge in [-0.15, -0.1) is 0 Å². The number of rotatable bonds is 5. The average Bonchev–Trinajstić information content (AvgIpc) is 3.20. The standard InChI is InChI=1S/C13H11Cl3FN9O4/c1-24-5(19-2-6(24)26(28)29)3-30-12(27)23-10(13(14,15)16)25-4-20-7-8(18)21-11(17)22-9(7)25/h2,4,10H,3H2,1H3,(H,23,27)(H2,18,21,22). The van der Waals surface area contributed by atoms with Crippen LogP contribution in [0.3, 0.4) is 0 Å². The Morgan fingerprint density at radius 3 is 2.73 bits per heavy atom. The normalized spacial score (nSPS) is 12.7. The molecule has 0 saturated heterocycles. The molecular weight excluding hydrogens is 472 g/mol. The Morgan fingerprint density at radius 2 is 2.13 bits per heavy atom. The maximum atomic E-state index is 13.6. The lowest BCUT2D eigenvalue weighted by molar-refractivity contribution is -0.391. The molecule has 0 fully saturated rings. The number of hydrogen-bond acceptors (Lipinski definition) is 9. The molecule has 13 nitrogen and oxygen atoms in total. The summed E-state index contributed by atoms with van der Waals surface area (Å²) in [5.74, 6) is -0.450. The molecule has 1 amide bonds. The van der Waals surface area contributed by atoms with E-state index < -0.39 is 33.7 Å². The van der Waals surface area contributed by atoms with Crippen molar-refractivity contribution in [3.05, 3.63) is 34.5 Å². The largest absolute Gasteiger partial charge is 0.439 e. The molecule has 0 aliphatic carbocycles. The van der Waals surface area contributed by atoms with Gasteiger partial charge in [-0.1, -0.05) is 34.8 Å². The van der Waals surface area contributed by atoms with E-state index in [1.807, 2.05) is 0 Å². The minimum absolute atomic E-state index is 0.0196. The van der Waals surface area contributed by atoms with Gasteiger partial charge in [0.05, 0.1) is 13.4 Å². The van der Waals surface area contributed by atoms with Crippen molar-refractivity contribution in [2.24, 2.45) is 7.05 Å². The number of anilines is 1. The molecule has 0 saturated carbocycles. The Bertz CT molecular complexity index is 1130. The number of imidazole rings is 2. The van der Waals surface area contributed by atoms with Gasteiger partial charge in [0.2, 0.25) is 9.62 Å². The van der Waals surface area contributed by atoms with Crippen LogP contribution in [0.25, 0.3) is 11.2 Å². The van der Waals surface area contributed by atoms with Gasteiger partial charge >= 0.3 is 18.0 Å². The number of fused-ring (bicyclic) bond motifs is 1. The summed E-state index contributed by atoms with van der Waals surface area (Å²) >= 11 is 17.8. The number of nitrogens with one attached hydrogen (secondary N) is 1. The van der Waals surface area contributed by atoms with Gasteiger partial charge < -0.3 is 20.6 Å². The summed E-state index contributed by atoms with van der Waals surface area (Å²) < 4.78 is 18.6. The zero-order valence-corrected chi connectivity index (χ0v) is 17.1. The van der Waals surface area contributed by atoms with Crippen LogP contribution in [0, 0.1) is 16.2 Å². The van der Waals surface area contributed by atoms with Crippen molar-refractivity contribution in [2.45, 2.75) is 16.6 Å². The van der Waals surface area contributed by atoms with Crippen molar-refractivity contribution in [1.29, 1.82) is 0 Å². The first kappa shape index (κ1) is 21.7. The molecule has 0 radical (unpaired) electrons. The third kappa shape index (κ3) is 4.29. The topological polar surface area (TPSA) is 169 Å². The van der Waals surface area contributed by atoms with Gasteiger partial charge in [0, 0.05) is 0 Å². The molecule has 3 rings (SSSR count). The van der Waals surface area contributed by atoms with Crippen LogP contribution in [-0.2, 0) is 18.4 Å². The summed E-state index contributed by atoms with van der Waals surface area (Å²) in [7, 11) is 1.38. The molecule has 0 spiro atoms. The number of ether oxygens (including phenoxy) is 1. The Labute approximate surface area is 181 Å². The Hall–Kier alpha value is -2.97. The molecule has 0 aliphatic rings. The van der Waals surface area contributed by atoms with Crippen molar-refractivity contribution >= 4 is 63.7 Å².